The predicted molar refractivity (Wildman–Crippen MR) is 103 cm³/mol. The number of anilines is 2. The number of nitrogens with zero attached hydrogens (tertiary/aromatic N) is 3. The molecule has 3 aromatic rings. The Morgan fingerprint density at radius 2 is 1.88 bits per heavy atom. The highest BCUT2D eigenvalue weighted by molar-refractivity contribution is 6.31. The van der Waals surface area contributed by atoms with Gasteiger partial charge in [-0.15, -0.1) is 0 Å². The van der Waals surface area contributed by atoms with Crippen molar-refractivity contribution < 1.29 is 0 Å². The van der Waals surface area contributed by atoms with Crippen LogP contribution in [-0.4, -0.2) is 17.7 Å². The molecule has 0 bridgehead atoms. The van der Waals surface area contributed by atoms with Crippen molar-refractivity contribution >= 4 is 34.4 Å². The Bertz CT molecular complexity index is 953. The van der Waals surface area contributed by atoms with Crippen molar-refractivity contribution in [2.45, 2.75) is 6.04 Å². The maximum atomic E-state index is 6.57. The molecule has 1 aliphatic rings. The molecule has 124 valence electrons. The minimum atomic E-state index is -0.381. The molecule has 4 rings (SSSR count). The summed E-state index contributed by atoms with van der Waals surface area (Å²) in [7, 11) is 2.03. The third-order valence-corrected chi connectivity index (χ3v) is 4.65. The van der Waals surface area contributed by atoms with E-state index >= 15 is 0 Å². The third-order valence-electron chi connectivity index (χ3n) is 4.42. The van der Waals surface area contributed by atoms with Crippen molar-refractivity contribution in [1.29, 1.82) is 0 Å². The van der Waals surface area contributed by atoms with Gasteiger partial charge < -0.3 is 10.6 Å². The second kappa shape index (κ2) is 6.31. The first-order chi connectivity index (χ1) is 12.1. The SMILES string of the molecule is CN1c2ccc(Cl)cc2N=C(C(N)c2cccnc2)c2ccccc21. The molecule has 2 N–H and O–H groups in total. The average molecular weight is 349 g/mol. The Kier molecular flexibility index (Phi) is 3.99. The Balaban J connectivity index is 1.96. The van der Waals surface area contributed by atoms with Gasteiger partial charge in [-0.2, -0.15) is 0 Å². The molecule has 4 nitrogen and oxygen atoms in total. The smallest absolute Gasteiger partial charge is 0.0885 e. The molecular formula is C20H17ClN4. The van der Waals surface area contributed by atoms with Gasteiger partial charge in [-0.25, -0.2) is 4.99 Å². The molecular weight excluding hydrogens is 332 g/mol. The maximum absolute atomic E-state index is 6.57. The molecule has 1 aliphatic heterocycles. The molecule has 0 saturated carbocycles. The largest absolute Gasteiger partial charge is 0.342 e. The number of pyridine rings is 1. The highest BCUT2D eigenvalue weighted by Crippen LogP contribution is 2.41. The van der Waals surface area contributed by atoms with Gasteiger partial charge in [0.15, 0.2) is 0 Å². The van der Waals surface area contributed by atoms with Gasteiger partial charge in [0.2, 0.25) is 0 Å². The molecule has 2 heterocycles. The van der Waals surface area contributed by atoms with Gasteiger partial charge in [0, 0.05) is 30.0 Å². The lowest BCUT2D eigenvalue weighted by atomic mass is 9.97. The lowest BCUT2D eigenvalue weighted by molar-refractivity contribution is 0.947. The summed E-state index contributed by atoms with van der Waals surface area (Å²) in [4.78, 5) is 11.2. The van der Waals surface area contributed by atoms with E-state index in [1.807, 2.05) is 55.6 Å². The fourth-order valence-electron chi connectivity index (χ4n) is 3.13. The fraction of sp³-hybridized carbons (Fsp3) is 0.100. The van der Waals surface area contributed by atoms with Crippen LogP contribution in [-0.2, 0) is 0 Å². The first-order valence-corrected chi connectivity index (χ1v) is 8.40. The van der Waals surface area contributed by atoms with Gasteiger partial charge >= 0.3 is 0 Å². The summed E-state index contributed by atoms with van der Waals surface area (Å²) < 4.78 is 0. The van der Waals surface area contributed by atoms with Crippen LogP contribution in [0.5, 0.6) is 0 Å². The van der Waals surface area contributed by atoms with Crippen molar-refractivity contribution in [2.24, 2.45) is 10.7 Å². The van der Waals surface area contributed by atoms with E-state index in [-0.39, 0.29) is 6.04 Å². The summed E-state index contributed by atoms with van der Waals surface area (Å²) >= 11 is 6.20. The zero-order valence-electron chi connectivity index (χ0n) is 13.7. The summed E-state index contributed by atoms with van der Waals surface area (Å²) in [5.41, 5.74) is 12.2. The molecule has 0 fully saturated rings. The third kappa shape index (κ3) is 2.80. The normalized spacial score (nSPS) is 14.2. The van der Waals surface area contributed by atoms with Crippen LogP contribution in [0.2, 0.25) is 5.02 Å². The Hall–Kier alpha value is -2.69. The van der Waals surface area contributed by atoms with E-state index in [9.17, 15) is 0 Å². The number of aromatic nitrogens is 1. The van der Waals surface area contributed by atoms with E-state index in [1.165, 1.54) is 0 Å². The summed E-state index contributed by atoms with van der Waals surface area (Å²) in [6, 6.07) is 17.3. The van der Waals surface area contributed by atoms with Crippen molar-refractivity contribution in [1.82, 2.24) is 4.98 Å². The lowest BCUT2D eigenvalue weighted by Gasteiger charge is -2.22. The van der Waals surface area contributed by atoms with E-state index < -0.39 is 0 Å². The number of halogens is 1. The van der Waals surface area contributed by atoms with Crippen molar-refractivity contribution in [3.63, 3.8) is 0 Å². The van der Waals surface area contributed by atoms with E-state index in [0.29, 0.717) is 5.02 Å². The van der Waals surface area contributed by atoms with Gasteiger partial charge in [-0.05, 0) is 35.9 Å². The van der Waals surface area contributed by atoms with E-state index in [1.54, 1.807) is 12.4 Å². The average Bonchev–Trinajstić information content (AvgIpc) is 2.77. The van der Waals surface area contributed by atoms with Crippen LogP contribution in [0, 0.1) is 0 Å². The number of para-hydroxylation sites is 1. The van der Waals surface area contributed by atoms with Crippen LogP contribution in [0.1, 0.15) is 17.2 Å². The highest BCUT2D eigenvalue weighted by atomic mass is 35.5. The molecule has 0 aliphatic carbocycles. The van der Waals surface area contributed by atoms with Crippen molar-refractivity contribution in [2.75, 3.05) is 11.9 Å². The number of nitrogens with two attached hydrogens (primary N) is 1. The summed E-state index contributed by atoms with van der Waals surface area (Å²) in [6.07, 6.45) is 3.52. The van der Waals surface area contributed by atoms with Crippen molar-refractivity contribution in [3.8, 4) is 0 Å². The first kappa shape index (κ1) is 15.8. The van der Waals surface area contributed by atoms with Gasteiger partial charge in [0.05, 0.1) is 28.8 Å². The number of rotatable bonds is 2. The molecule has 0 radical (unpaired) electrons. The topological polar surface area (TPSA) is 54.5 Å². The summed E-state index contributed by atoms with van der Waals surface area (Å²) in [5.74, 6) is 0. The molecule has 1 atom stereocenters. The second-order valence-corrected chi connectivity index (χ2v) is 6.41. The van der Waals surface area contributed by atoms with Crippen LogP contribution in [0.4, 0.5) is 17.1 Å². The first-order valence-electron chi connectivity index (χ1n) is 8.02. The quantitative estimate of drug-likeness (QED) is 0.734. The number of benzene rings is 2. The molecule has 5 heteroatoms. The van der Waals surface area contributed by atoms with Gasteiger partial charge in [0.1, 0.15) is 0 Å². The number of fused-ring (bicyclic) bond motifs is 2. The zero-order chi connectivity index (χ0) is 17.4. The Morgan fingerprint density at radius 3 is 2.68 bits per heavy atom. The Labute approximate surface area is 151 Å². The minimum Gasteiger partial charge on any atom is -0.342 e. The van der Waals surface area contributed by atoms with Crippen LogP contribution in [0.15, 0.2) is 72.0 Å². The minimum absolute atomic E-state index is 0.381. The van der Waals surface area contributed by atoms with E-state index in [4.69, 9.17) is 22.3 Å². The fourth-order valence-corrected chi connectivity index (χ4v) is 3.29. The van der Waals surface area contributed by atoms with Crippen LogP contribution in [0.3, 0.4) is 0 Å². The van der Waals surface area contributed by atoms with Crippen LogP contribution < -0.4 is 10.6 Å². The Morgan fingerprint density at radius 1 is 1.04 bits per heavy atom. The van der Waals surface area contributed by atoms with Crippen LogP contribution in [0.25, 0.3) is 0 Å². The van der Waals surface area contributed by atoms with E-state index in [0.717, 1.165) is 33.9 Å². The molecule has 2 aromatic carbocycles. The molecule has 1 unspecified atom stereocenters. The van der Waals surface area contributed by atoms with Crippen molar-refractivity contribution in [3.05, 3.63) is 83.1 Å². The molecule has 1 aromatic heterocycles. The molecule has 0 spiro atoms. The van der Waals surface area contributed by atoms with Gasteiger partial charge in [-0.3, -0.25) is 4.98 Å². The van der Waals surface area contributed by atoms with Crippen LogP contribution >= 0.6 is 11.6 Å². The highest BCUT2D eigenvalue weighted by Gasteiger charge is 2.25. The molecule has 25 heavy (non-hydrogen) atoms. The predicted octanol–water partition coefficient (Wildman–Crippen LogP) is 4.64. The summed E-state index contributed by atoms with van der Waals surface area (Å²) in [5, 5.41) is 0.649. The molecule has 0 saturated heterocycles. The summed E-state index contributed by atoms with van der Waals surface area (Å²) in [6.45, 7) is 0. The number of hydrogen-bond donors (Lipinski definition) is 1. The standard InChI is InChI=1S/C20H17ClN4/c1-25-17-7-3-2-6-15(17)20(19(22)13-5-4-10-23-12-13)24-16-11-14(21)8-9-18(16)25/h2-12,19H,22H2,1H3. The second-order valence-electron chi connectivity index (χ2n) is 5.97. The van der Waals surface area contributed by atoms with Gasteiger partial charge in [-0.1, -0.05) is 35.9 Å². The lowest BCUT2D eigenvalue weighted by Crippen LogP contribution is -2.23. The maximum Gasteiger partial charge on any atom is 0.0885 e. The van der Waals surface area contributed by atoms with E-state index in [2.05, 4.69) is 16.0 Å². The zero-order valence-corrected chi connectivity index (χ0v) is 14.5. The van der Waals surface area contributed by atoms with Gasteiger partial charge in [0.25, 0.3) is 0 Å². The number of hydrogen-bond acceptors (Lipinski definition) is 4. The number of aliphatic imine (C=N–C) groups is 1. The molecule has 0 amide bonds. The monoisotopic (exact) mass is 348 g/mol.